The van der Waals surface area contributed by atoms with Gasteiger partial charge in [0, 0.05) is 54.8 Å². The number of hydrogen-bond acceptors (Lipinski definition) is 7. The normalized spacial score (nSPS) is 19.9. The van der Waals surface area contributed by atoms with Crippen molar-refractivity contribution in [2.24, 2.45) is 0 Å². The third kappa shape index (κ3) is 5.63. The summed E-state index contributed by atoms with van der Waals surface area (Å²) in [6, 6.07) is 14.3. The minimum atomic E-state index is -3.62. The van der Waals surface area contributed by atoms with Crippen molar-refractivity contribution in [1.29, 1.82) is 10.7 Å². The van der Waals surface area contributed by atoms with Crippen molar-refractivity contribution in [3.8, 4) is 6.07 Å². The number of rotatable bonds is 3. The molecule has 3 aliphatic heterocycles. The molecular formula is C27H27ClN6O4S. The van der Waals surface area contributed by atoms with Crippen molar-refractivity contribution in [1.82, 2.24) is 13.6 Å². The predicted molar refractivity (Wildman–Crippen MR) is 148 cm³/mol. The van der Waals surface area contributed by atoms with Gasteiger partial charge < -0.3 is 24.8 Å². The van der Waals surface area contributed by atoms with Crippen LogP contribution >= 0.6 is 11.6 Å². The van der Waals surface area contributed by atoms with Gasteiger partial charge in [0.2, 0.25) is 15.8 Å². The van der Waals surface area contributed by atoms with Crippen LogP contribution in [-0.2, 0) is 31.7 Å². The van der Waals surface area contributed by atoms with Crippen molar-refractivity contribution in [2.75, 3.05) is 38.1 Å². The summed E-state index contributed by atoms with van der Waals surface area (Å²) < 4.78 is 35.8. The molecule has 1 saturated heterocycles. The fourth-order valence-corrected chi connectivity index (χ4v) is 6.64. The van der Waals surface area contributed by atoms with Crippen LogP contribution in [0.3, 0.4) is 0 Å². The number of fused-ring (bicyclic) bond motifs is 7. The highest BCUT2D eigenvalue weighted by molar-refractivity contribution is 7.88. The van der Waals surface area contributed by atoms with Gasteiger partial charge in [-0.25, -0.2) is 8.42 Å². The first-order valence-corrected chi connectivity index (χ1v) is 14.5. The van der Waals surface area contributed by atoms with Crippen LogP contribution in [0.15, 0.2) is 60.1 Å². The zero-order valence-electron chi connectivity index (χ0n) is 21.1. The second-order valence-electron chi connectivity index (χ2n) is 9.37. The highest BCUT2D eigenvalue weighted by atomic mass is 35.5. The Kier molecular flexibility index (Phi) is 7.61. The summed E-state index contributed by atoms with van der Waals surface area (Å²) in [7, 11) is -3.62. The van der Waals surface area contributed by atoms with Crippen LogP contribution in [-0.4, -0.2) is 66.9 Å². The molecule has 3 aromatic rings. The predicted octanol–water partition coefficient (Wildman–Crippen LogP) is 3.37. The standard InChI is InChI=1S/C27H27ClN6O4S/c28-21-4-1-5-22(15-21)31-27(35)26-25(17-30)32-8-10-33(11-9-32)39(36,37)18-19-6-7-34-23(16-29)14-20(24(34)13-19)3-2-12-38-26/h1,4-7,13-15,17,30H,2-3,8-12,18H2,(H,31,35)/b26-25-,30-17?. The summed E-state index contributed by atoms with van der Waals surface area (Å²) in [5.41, 5.74) is 3.52. The summed E-state index contributed by atoms with van der Waals surface area (Å²) in [4.78, 5) is 15.2. The van der Waals surface area contributed by atoms with Gasteiger partial charge in [-0.3, -0.25) is 4.79 Å². The van der Waals surface area contributed by atoms with Crippen LogP contribution in [0.1, 0.15) is 23.2 Å². The fraction of sp³-hybridized carbons (Fsp3) is 0.296. The lowest BCUT2D eigenvalue weighted by Crippen LogP contribution is -2.49. The van der Waals surface area contributed by atoms with Gasteiger partial charge in [-0.1, -0.05) is 17.7 Å². The molecule has 1 amide bonds. The van der Waals surface area contributed by atoms with E-state index in [-0.39, 0.29) is 36.9 Å². The number of anilines is 1. The number of sulfonamides is 1. The number of aromatic nitrogens is 1. The number of halogens is 1. The number of carbonyl (C=O) groups excluding carboxylic acids is 1. The van der Waals surface area contributed by atoms with E-state index in [1.807, 2.05) is 6.07 Å². The Labute approximate surface area is 231 Å². The Hall–Kier alpha value is -3.85. The first kappa shape index (κ1) is 26.7. The Morgan fingerprint density at radius 3 is 2.67 bits per heavy atom. The molecule has 1 fully saturated rings. The molecule has 202 valence electrons. The number of piperazine rings is 1. The van der Waals surface area contributed by atoms with Crippen molar-refractivity contribution in [3.63, 3.8) is 0 Å². The summed E-state index contributed by atoms with van der Waals surface area (Å²) >= 11 is 6.07. The second-order valence-corrected chi connectivity index (χ2v) is 11.8. The Bertz CT molecular complexity index is 1620. The average Bonchev–Trinajstić information content (AvgIpc) is 3.26. The van der Waals surface area contributed by atoms with E-state index in [0.717, 1.165) is 17.3 Å². The molecule has 5 heterocycles. The molecule has 4 bridgehead atoms. The summed E-state index contributed by atoms with van der Waals surface area (Å²) in [5.74, 6) is -0.701. The molecule has 2 aromatic heterocycles. The highest BCUT2D eigenvalue weighted by Crippen LogP contribution is 2.24. The van der Waals surface area contributed by atoms with Gasteiger partial charge in [0.05, 0.1) is 12.4 Å². The van der Waals surface area contributed by atoms with Gasteiger partial charge in [0.1, 0.15) is 17.5 Å². The number of nitrogens with zero attached hydrogens (tertiary/aromatic N) is 4. The molecule has 1 aromatic carbocycles. The zero-order valence-corrected chi connectivity index (χ0v) is 22.6. The third-order valence-electron chi connectivity index (χ3n) is 6.85. The molecule has 12 heteroatoms. The third-order valence-corrected chi connectivity index (χ3v) is 8.94. The molecule has 0 saturated carbocycles. The van der Waals surface area contributed by atoms with Gasteiger partial charge in [0.15, 0.2) is 0 Å². The van der Waals surface area contributed by atoms with Gasteiger partial charge in [0.25, 0.3) is 5.91 Å². The van der Waals surface area contributed by atoms with Crippen LogP contribution < -0.4 is 5.32 Å². The van der Waals surface area contributed by atoms with Crippen molar-refractivity contribution >= 4 is 45.0 Å². The average molecular weight is 567 g/mol. The van der Waals surface area contributed by atoms with Gasteiger partial charge in [-0.2, -0.15) is 9.57 Å². The van der Waals surface area contributed by atoms with E-state index in [1.54, 1.807) is 51.9 Å². The fourth-order valence-electron chi connectivity index (χ4n) is 4.94. The molecule has 3 aliphatic rings. The maximum atomic E-state index is 13.4. The lowest BCUT2D eigenvalue weighted by Gasteiger charge is -2.36. The summed E-state index contributed by atoms with van der Waals surface area (Å²) in [6.07, 6.45) is 3.87. The molecule has 0 spiro atoms. The first-order chi connectivity index (χ1) is 18.8. The van der Waals surface area contributed by atoms with Crippen LogP contribution in [0.5, 0.6) is 0 Å². The topological polar surface area (TPSA) is 131 Å². The maximum Gasteiger partial charge on any atom is 0.293 e. The number of nitrogens with one attached hydrogen (secondary N) is 2. The van der Waals surface area contributed by atoms with Crippen LogP contribution in [0, 0.1) is 16.7 Å². The van der Waals surface area contributed by atoms with Gasteiger partial charge in [-0.05, 0) is 60.4 Å². The van der Waals surface area contributed by atoms with E-state index in [1.165, 1.54) is 4.31 Å². The number of ether oxygens (including phenoxy) is 1. The minimum absolute atomic E-state index is 0.0184. The smallest absolute Gasteiger partial charge is 0.293 e. The zero-order chi connectivity index (χ0) is 27.6. The van der Waals surface area contributed by atoms with Crippen LogP contribution in [0.25, 0.3) is 5.52 Å². The lowest BCUT2D eigenvalue weighted by atomic mass is 10.1. The molecule has 10 nitrogen and oxygen atoms in total. The van der Waals surface area contributed by atoms with Gasteiger partial charge >= 0.3 is 0 Å². The van der Waals surface area contributed by atoms with Crippen molar-refractivity contribution < 1.29 is 17.9 Å². The number of carbonyl (C=O) groups is 1. The molecule has 0 atom stereocenters. The Morgan fingerprint density at radius 2 is 1.95 bits per heavy atom. The number of pyridine rings is 1. The van der Waals surface area contributed by atoms with Crippen LogP contribution in [0.2, 0.25) is 5.02 Å². The Morgan fingerprint density at radius 1 is 1.15 bits per heavy atom. The molecule has 0 unspecified atom stereocenters. The molecule has 2 N–H and O–H groups in total. The maximum absolute atomic E-state index is 13.4. The summed E-state index contributed by atoms with van der Waals surface area (Å²) in [6.45, 7) is 1.21. The Balaban J connectivity index is 1.51. The van der Waals surface area contributed by atoms with E-state index in [9.17, 15) is 18.5 Å². The van der Waals surface area contributed by atoms with E-state index < -0.39 is 15.9 Å². The number of allylic oxidation sites excluding steroid dienone is 1. The first-order valence-electron chi connectivity index (χ1n) is 12.5. The molecular weight excluding hydrogens is 540 g/mol. The van der Waals surface area contributed by atoms with E-state index in [4.69, 9.17) is 21.7 Å². The van der Waals surface area contributed by atoms with Crippen LogP contribution in [0.4, 0.5) is 5.69 Å². The van der Waals surface area contributed by atoms with Crippen molar-refractivity contribution in [3.05, 3.63) is 82.0 Å². The van der Waals surface area contributed by atoms with Gasteiger partial charge in [-0.15, -0.1) is 0 Å². The van der Waals surface area contributed by atoms with E-state index in [2.05, 4.69) is 11.4 Å². The lowest BCUT2D eigenvalue weighted by molar-refractivity contribution is -0.116. The molecule has 0 radical (unpaired) electrons. The van der Waals surface area contributed by atoms with Crippen molar-refractivity contribution in [2.45, 2.75) is 18.6 Å². The quantitative estimate of drug-likeness (QED) is 0.467. The summed E-state index contributed by atoms with van der Waals surface area (Å²) in [5, 5.41) is 20.9. The largest absolute Gasteiger partial charge is 0.486 e. The molecule has 39 heavy (non-hydrogen) atoms. The number of amides is 1. The number of nitriles is 1. The number of benzene rings is 1. The minimum Gasteiger partial charge on any atom is -0.486 e. The monoisotopic (exact) mass is 566 g/mol. The SMILES string of the molecule is N#Cc1cc2c3cc(ccn13)CS(=O)(=O)N1CCN(CC1)/C(C=N)=C(/C(=O)Nc1cccc(Cl)c1)OCCC2. The highest BCUT2D eigenvalue weighted by Gasteiger charge is 2.30. The second kappa shape index (κ2) is 11.1. The van der Waals surface area contributed by atoms with E-state index in [0.29, 0.717) is 47.9 Å². The number of aryl methyl sites for hydroxylation is 1. The molecule has 0 aliphatic carbocycles. The number of hydrogen-bond donors (Lipinski definition) is 2. The molecule has 6 rings (SSSR count). The van der Waals surface area contributed by atoms with E-state index >= 15 is 0 Å².